The minimum absolute atomic E-state index is 0.0434. The molecule has 0 saturated heterocycles. The molecule has 35 heavy (non-hydrogen) atoms. The number of sulfonamides is 1. The summed E-state index contributed by atoms with van der Waals surface area (Å²) in [6, 6.07) is 4.32. The second kappa shape index (κ2) is 12.2. The van der Waals surface area contributed by atoms with E-state index < -0.39 is 22.2 Å². The number of benzene rings is 1. The lowest BCUT2D eigenvalue weighted by atomic mass is 10.0. The van der Waals surface area contributed by atoms with Gasteiger partial charge >= 0.3 is 0 Å². The number of amides is 1. The largest absolute Gasteiger partial charge is 0.487 e. The van der Waals surface area contributed by atoms with Crippen LogP contribution in [-0.2, 0) is 19.6 Å². The van der Waals surface area contributed by atoms with Gasteiger partial charge in [0.15, 0.2) is 0 Å². The summed E-state index contributed by atoms with van der Waals surface area (Å²) in [6.07, 6.45) is 5.33. The molecule has 1 aliphatic heterocycles. The molecule has 3 atom stereocenters. The maximum atomic E-state index is 13.6. The monoisotopic (exact) mass is 506 g/mol. The van der Waals surface area contributed by atoms with Crippen molar-refractivity contribution in [3.05, 3.63) is 23.8 Å². The molecule has 1 aromatic carbocycles. The van der Waals surface area contributed by atoms with Crippen molar-refractivity contribution in [2.24, 2.45) is 11.8 Å². The van der Waals surface area contributed by atoms with Gasteiger partial charge in [0.2, 0.25) is 15.9 Å². The van der Waals surface area contributed by atoms with Crippen LogP contribution < -0.4 is 4.74 Å². The first kappa shape index (κ1) is 27.5. The summed E-state index contributed by atoms with van der Waals surface area (Å²) >= 11 is 0. The van der Waals surface area contributed by atoms with Crippen molar-refractivity contribution in [3.8, 4) is 17.6 Å². The van der Waals surface area contributed by atoms with E-state index in [-0.39, 0.29) is 48.8 Å². The van der Waals surface area contributed by atoms with E-state index in [1.165, 1.54) is 48.1 Å². The molecule has 0 spiro atoms. The zero-order chi connectivity index (χ0) is 25.6. The number of aliphatic hydroxyl groups is 1. The zero-order valence-electron chi connectivity index (χ0n) is 21.2. The lowest BCUT2D eigenvalue weighted by Crippen LogP contribution is -2.50. The van der Waals surface area contributed by atoms with Crippen LogP contribution in [0, 0.1) is 23.7 Å². The third kappa shape index (κ3) is 6.76. The average Bonchev–Trinajstić information content (AvgIpc) is 3.34. The minimum Gasteiger partial charge on any atom is -0.487 e. The molecule has 1 saturated carbocycles. The third-order valence-electron chi connectivity index (χ3n) is 6.91. The lowest BCUT2D eigenvalue weighted by Gasteiger charge is -2.37. The normalized spacial score (nSPS) is 23.2. The molecule has 0 aromatic heterocycles. The van der Waals surface area contributed by atoms with Crippen LogP contribution in [-0.4, -0.2) is 81.2 Å². The van der Waals surface area contributed by atoms with Gasteiger partial charge in [-0.25, -0.2) is 8.42 Å². The molecule has 0 bridgehead atoms. The van der Waals surface area contributed by atoms with E-state index in [1.54, 1.807) is 26.1 Å². The molecule has 8 nitrogen and oxygen atoms in total. The number of hydrogen-bond donors (Lipinski definition) is 1. The Labute approximate surface area is 209 Å². The molecule has 1 aromatic rings. The number of carbonyl (C=O) groups excluding carboxylic acids is 1. The van der Waals surface area contributed by atoms with Gasteiger partial charge in [-0.05, 0) is 43.9 Å². The number of ether oxygens (including phenoxy) is 2. The summed E-state index contributed by atoms with van der Waals surface area (Å²) in [5, 5.41) is 9.77. The summed E-state index contributed by atoms with van der Waals surface area (Å²) in [6.45, 7) is 3.65. The van der Waals surface area contributed by atoms with E-state index in [2.05, 4.69) is 11.8 Å². The van der Waals surface area contributed by atoms with E-state index in [4.69, 9.17) is 9.47 Å². The van der Waals surface area contributed by atoms with Crippen molar-refractivity contribution in [3.63, 3.8) is 0 Å². The first-order valence-corrected chi connectivity index (χ1v) is 13.8. The summed E-state index contributed by atoms with van der Waals surface area (Å²) in [5.41, 5.74) is 0.689. The molecular formula is C26H38N2O6S. The van der Waals surface area contributed by atoms with Crippen molar-refractivity contribution < 1.29 is 27.8 Å². The van der Waals surface area contributed by atoms with Crippen LogP contribution in [0.1, 0.15) is 51.5 Å². The van der Waals surface area contributed by atoms with Crippen molar-refractivity contribution in [1.29, 1.82) is 0 Å². The van der Waals surface area contributed by atoms with Gasteiger partial charge in [0.25, 0.3) is 0 Å². The van der Waals surface area contributed by atoms with Crippen molar-refractivity contribution in [2.75, 3.05) is 40.5 Å². The fourth-order valence-corrected chi connectivity index (χ4v) is 6.46. The van der Waals surface area contributed by atoms with Crippen molar-refractivity contribution in [2.45, 2.75) is 63.0 Å². The Bertz CT molecular complexity index is 1040. The predicted molar refractivity (Wildman–Crippen MR) is 133 cm³/mol. The average molecular weight is 507 g/mol. The fourth-order valence-electron chi connectivity index (χ4n) is 4.64. The summed E-state index contributed by atoms with van der Waals surface area (Å²) in [7, 11) is -0.777. The number of carbonyl (C=O) groups is 1. The molecule has 1 amide bonds. The van der Waals surface area contributed by atoms with Crippen LogP contribution in [0.4, 0.5) is 0 Å². The van der Waals surface area contributed by atoms with E-state index in [1.807, 2.05) is 6.92 Å². The van der Waals surface area contributed by atoms with Crippen LogP contribution in [0.2, 0.25) is 0 Å². The Balaban J connectivity index is 1.96. The van der Waals surface area contributed by atoms with E-state index in [0.717, 1.165) is 6.42 Å². The third-order valence-corrected chi connectivity index (χ3v) is 8.93. The van der Waals surface area contributed by atoms with Gasteiger partial charge in [-0.15, -0.1) is 0 Å². The second-order valence-corrected chi connectivity index (χ2v) is 11.6. The van der Waals surface area contributed by atoms with Crippen molar-refractivity contribution >= 4 is 15.9 Å². The lowest BCUT2D eigenvalue weighted by molar-refractivity contribution is -0.135. The van der Waals surface area contributed by atoms with Crippen molar-refractivity contribution in [1.82, 2.24) is 9.21 Å². The highest BCUT2D eigenvalue weighted by Gasteiger charge is 2.38. The van der Waals surface area contributed by atoms with E-state index in [0.29, 0.717) is 11.5 Å². The highest BCUT2D eigenvalue weighted by Crippen LogP contribution is 2.34. The molecule has 1 N–H and O–H groups in total. The topological polar surface area (TPSA) is 96.4 Å². The van der Waals surface area contributed by atoms with Crippen LogP contribution in [0.3, 0.4) is 0 Å². The Morgan fingerprint density at radius 3 is 2.71 bits per heavy atom. The molecule has 0 unspecified atom stereocenters. The summed E-state index contributed by atoms with van der Waals surface area (Å²) in [5.74, 6) is 6.85. The molecule has 1 aliphatic carbocycles. The molecule has 194 valence electrons. The van der Waals surface area contributed by atoms with Gasteiger partial charge in [0, 0.05) is 44.6 Å². The number of aliphatic hydroxyl groups excluding tert-OH is 1. The van der Waals surface area contributed by atoms with Gasteiger partial charge in [-0.1, -0.05) is 31.6 Å². The molecule has 0 radical (unpaired) electrons. The Morgan fingerprint density at radius 2 is 2.06 bits per heavy atom. The number of methoxy groups -OCH3 is 1. The van der Waals surface area contributed by atoms with Gasteiger partial charge in [-0.2, -0.15) is 4.31 Å². The molecule has 1 heterocycles. The predicted octanol–water partition coefficient (Wildman–Crippen LogP) is 2.49. The number of likely N-dealkylation sites (N-methyl/N-ethyl adjacent to an activating group) is 1. The Kier molecular flexibility index (Phi) is 9.59. The van der Waals surface area contributed by atoms with Crippen LogP contribution in [0.25, 0.3) is 0 Å². The highest BCUT2D eigenvalue weighted by molar-refractivity contribution is 7.89. The van der Waals surface area contributed by atoms with Gasteiger partial charge in [0.1, 0.15) is 23.4 Å². The van der Waals surface area contributed by atoms with E-state index >= 15 is 0 Å². The maximum absolute atomic E-state index is 13.6. The Hall–Kier alpha value is -2.12. The molecule has 9 heteroatoms. The molecule has 3 rings (SSSR count). The fraction of sp³-hybridized carbons (Fsp3) is 0.654. The Morgan fingerprint density at radius 1 is 1.34 bits per heavy atom. The number of hydrogen-bond acceptors (Lipinski definition) is 6. The second-order valence-electron chi connectivity index (χ2n) is 9.77. The van der Waals surface area contributed by atoms with Gasteiger partial charge in [-0.3, -0.25) is 4.79 Å². The standard InChI is InChI=1S/C26H38N2O6S/c1-19-15-28(20(2)17-29)35(31,32)25-13-12-22(11-7-10-21-8-5-6-9-21)14-23(25)34-24(19)16-27(3)26(30)18-33-4/h12-14,19-21,24,29H,5-6,8-10,15-18H2,1-4H3/t19-,20+,24+/m1/s1. The molecular weight excluding hydrogens is 468 g/mol. The summed E-state index contributed by atoms with van der Waals surface area (Å²) in [4.78, 5) is 13.9. The van der Waals surface area contributed by atoms with Gasteiger partial charge in [0.05, 0.1) is 13.2 Å². The smallest absolute Gasteiger partial charge is 0.248 e. The SMILES string of the molecule is COCC(=O)N(C)C[C@@H]1Oc2cc(C#CCC3CCCC3)ccc2S(=O)(=O)N([C@@H](C)CO)C[C@H]1C. The molecule has 2 aliphatic rings. The minimum atomic E-state index is -3.91. The first-order valence-electron chi connectivity index (χ1n) is 12.3. The van der Waals surface area contributed by atoms with Crippen LogP contribution >= 0.6 is 0 Å². The van der Waals surface area contributed by atoms with Crippen LogP contribution in [0.5, 0.6) is 5.75 Å². The zero-order valence-corrected chi connectivity index (χ0v) is 22.0. The maximum Gasteiger partial charge on any atom is 0.248 e. The number of fused-ring (bicyclic) bond motifs is 1. The first-order chi connectivity index (χ1) is 16.7. The van der Waals surface area contributed by atoms with E-state index in [9.17, 15) is 18.3 Å². The quantitative estimate of drug-likeness (QED) is 0.571. The summed E-state index contributed by atoms with van der Waals surface area (Å²) < 4.78 is 39.7. The molecule has 1 fully saturated rings. The van der Waals surface area contributed by atoms with Crippen LogP contribution in [0.15, 0.2) is 23.1 Å². The van der Waals surface area contributed by atoms with Gasteiger partial charge < -0.3 is 19.5 Å². The number of rotatable bonds is 7. The highest BCUT2D eigenvalue weighted by atomic mass is 32.2. The number of nitrogens with zero attached hydrogens (tertiary/aromatic N) is 2.